The maximum atomic E-state index is 16.8. The number of nitrogens with two attached hydrogens (primary N) is 3. The van der Waals surface area contributed by atoms with E-state index in [0.29, 0.717) is 31.1 Å². The number of rotatable bonds is 31. The predicted molar refractivity (Wildman–Crippen MR) is 502 cm³/mol. The van der Waals surface area contributed by atoms with Crippen molar-refractivity contribution in [2.75, 3.05) is 52.9 Å². The topological polar surface area (TPSA) is 583 Å². The number of carbonyl (C=O) groups is 8. The molecule has 8 aliphatic rings. The number of phenolic OH excluding ortho intramolecular Hbond substituents is 2. The molecule has 0 aliphatic carbocycles. The maximum absolute atomic E-state index is 16.8. The normalized spacial score (nSPS) is 28.2. The molecule has 38 nitrogen and oxygen atoms in total. The molecule has 8 aliphatic heterocycles. The van der Waals surface area contributed by atoms with E-state index in [1.165, 1.54) is 87.6 Å². The van der Waals surface area contributed by atoms with Crippen LogP contribution in [0.1, 0.15) is 157 Å². The van der Waals surface area contributed by atoms with Gasteiger partial charge in [-0.15, -0.1) is 0 Å². The van der Waals surface area contributed by atoms with Crippen molar-refractivity contribution in [3.63, 3.8) is 0 Å². The van der Waals surface area contributed by atoms with Crippen molar-refractivity contribution in [3.05, 3.63) is 182 Å². The SMILES string of the molecule is CNC(CC(C)C)C(=O)NC1C(=O)NC(CC(N)=O)C(=O)NC2C(=O)NC3C(=O)NC(C(=O)NC(C(=O)NCCCNCCCCNCCCN)c4cccc(O)c4-c4cc3ccc4O)C(OC3CC(C)(N)C(O)C(C)O3)c3ccc(c(Cl)c3)Oc3cc2cc(c3OC2OC(CO)C(O)C(O)C2OC2CC(C)(NCc3ccc(-c4ccc(Cl)cc4)cc3)C(O)C(C)O2)Oc2ccc(cc2Cl)C1O. The number of ether oxygens (including phenoxy) is 8. The first-order chi connectivity index (χ1) is 65.3. The molecule has 3 fully saturated rings. The lowest BCUT2D eigenvalue weighted by Gasteiger charge is -2.48. The molecule has 0 radical (unpaired) electrons. The summed E-state index contributed by atoms with van der Waals surface area (Å²) < 4.78 is 53.7. The van der Waals surface area contributed by atoms with E-state index in [-0.39, 0.29) is 93.2 Å². The Hall–Kier alpha value is -10.5. The van der Waals surface area contributed by atoms with Crippen LogP contribution in [-0.4, -0.2) is 244 Å². The van der Waals surface area contributed by atoms with E-state index in [1.807, 2.05) is 50.2 Å². The number of fused-ring (bicyclic) bond motifs is 15. The summed E-state index contributed by atoms with van der Waals surface area (Å²) in [6.45, 7) is 12.6. The van der Waals surface area contributed by atoms with Crippen molar-refractivity contribution in [1.82, 2.24) is 58.5 Å². The third kappa shape index (κ3) is 25.0. The summed E-state index contributed by atoms with van der Waals surface area (Å²) in [6, 6.07) is 18.6. The Labute approximate surface area is 806 Å². The highest BCUT2D eigenvalue weighted by atomic mass is 35.5. The highest BCUT2D eigenvalue weighted by molar-refractivity contribution is 6.32. The van der Waals surface area contributed by atoms with Crippen molar-refractivity contribution in [2.24, 2.45) is 23.1 Å². The highest BCUT2D eigenvalue weighted by Gasteiger charge is 2.53. The first-order valence-corrected chi connectivity index (χ1v) is 46.8. The fraction of sp³-hybridized carbons (Fsp3) is 0.479. The van der Waals surface area contributed by atoms with Gasteiger partial charge in [0, 0.05) is 53.2 Å². The largest absolute Gasteiger partial charge is 0.507 e. The molecule has 8 amide bonds. The minimum absolute atomic E-state index is 0.0245. The van der Waals surface area contributed by atoms with E-state index in [2.05, 4.69) is 58.5 Å². The van der Waals surface area contributed by atoms with Crippen molar-refractivity contribution >= 4 is 82.1 Å². The Morgan fingerprint density at radius 1 is 0.613 bits per heavy atom. The van der Waals surface area contributed by atoms with Crippen LogP contribution in [0.15, 0.2) is 133 Å². The van der Waals surface area contributed by atoms with Gasteiger partial charge in [-0.2, -0.15) is 0 Å². The second kappa shape index (κ2) is 46.1. The molecule has 0 spiro atoms. The minimum Gasteiger partial charge on any atom is -0.507 e. The number of aliphatic hydroxyl groups is 6. The molecule has 11 bridgehead atoms. The molecule has 7 aromatic carbocycles. The molecular weight excluding hydrogens is 1840 g/mol. The molecule has 137 heavy (non-hydrogen) atoms. The van der Waals surface area contributed by atoms with E-state index in [4.69, 9.17) is 89.9 Å². The van der Waals surface area contributed by atoms with Gasteiger partial charge in [-0.3, -0.25) is 38.4 Å². The van der Waals surface area contributed by atoms with E-state index < -0.39 is 228 Å². The van der Waals surface area contributed by atoms with Crippen LogP contribution in [0.3, 0.4) is 0 Å². The molecule has 740 valence electrons. The summed E-state index contributed by atoms with van der Waals surface area (Å²) in [5.41, 5.74) is 16.7. The zero-order chi connectivity index (χ0) is 98.6. The minimum atomic E-state index is -2.36. The quantitative estimate of drug-likeness (QED) is 0.0266. The fourth-order valence-electron chi connectivity index (χ4n) is 17.6. The number of phenols is 2. The number of hydrogen-bond acceptors (Lipinski definition) is 30. The van der Waals surface area contributed by atoms with Crippen molar-refractivity contribution < 1.29 is 117 Å². The van der Waals surface area contributed by atoms with Gasteiger partial charge in [-0.05, 0) is 217 Å². The lowest BCUT2D eigenvalue weighted by molar-refractivity contribution is -0.334. The summed E-state index contributed by atoms with van der Waals surface area (Å²) in [6.07, 6.45) is -19.6. The molecule has 22 atom stereocenters. The van der Waals surface area contributed by atoms with Crippen LogP contribution in [0.2, 0.25) is 15.1 Å². The second-order valence-electron chi connectivity index (χ2n) is 36.2. The summed E-state index contributed by atoms with van der Waals surface area (Å²) >= 11 is 21.1. The first-order valence-electron chi connectivity index (χ1n) is 45.6. The second-order valence-corrected chi connectivity index (χ2v) is 37.4. The van der Waals surface area contributed by atoms with E-state index in [0.717, 1.165) is 67.2 Å². The van der Waals surface area contributed by atoms with Gasteiger partial charge in [-0.25, -0.2) is 0 Å². The fourth-order valence-corrected chi connectivity index (χ4v) is 18.2. The zero-order valence-corrected chi connectivity index (χ0v) is 78.9. The van der Waals surface area contributed by atoms with Gasteiger partial charge < -0.3 is 154 Å². The smallest absolute Gasteiger partial charge is 0.248 e. The van der Waals surface area contributed by atoms with Crippen LogP contribution in [-0.2, 0) is 68.6 Å². The average Bonchev–Trinajstić information content (AvgIpc) is 0.751. The predicted octanol–water partition coefficient (Wildman–Crippen LogP) is 4.52. The molecule has 41 heteroatoms. The van der Waals surface area contributed by atoms with Crippen LogP contribution in [0, 0.1) is 5.92 Å². The number of nitrogens with one attached hydrogen (secondary N) is 11. The maximum Gasteiger partial charge on any atom is 0.248 e. The van der Waals surface area contributed by atoms with Crippen molar-refractivity contribution in [2.45, 2.75) is 233 Å². The van der Waals surface area contributed by atoms with Gasteiger partial charge in [0.1, 0.15) is 89.8 Å². The van der Waals surface area contributed by atoms with Crippen LogP contribution >= 0.6 is 34.8 Å². The lowest BCUT2D eigenvalue weighted by Crippen LogP contribution is -2.65. The number of benzene rings is 7. The van der Waals surface area contributed by atoms with Crippen LogP contribution < -0.4 is 89.9 Å². The number of hydrogen-bond donors (Lipinski definition) is 22. The number of halogens is 3. The number of aromatic hydroxyl groups is 2. The molecule has 25 N–H and O–H groups in total. The monoisotopic (exact) mass is 1960 g/mol. The number of primary amides is 1. The van der Waals surface area contributed by atoms with Gasteiger partial charge in [0.25, 0.3) is 0 Å². The van der Waals surface area contributed by atoms with Gasteiger partial charge >= 0.3 is 0 Å². The Kier molecular flexibility index (Phi) is 34.9. The van der Waals surface area contributed by atoms with Crippen LogP contribution in [0.4, 0.5) is 0 Å². The molecule has 0 saturated carbocycles. The number of unbranched alkanes of at least 4 members (excludes halogenated alkanes) is 1. The highest BCUT2D eigenvalue weighted by Crippen LogP contribution is 2.51. The van der Waals surface area contributed by atoms with E-state index in [1.54, 1.807) is 26.0 Å². The molecule has 15 rings (SSSR count). The molecule has 8 heterocycles. The summed E-state index contributed by atoms with van der Waals surface area (Å²) in [4.78, 5) is 124. The number of likely N-dealkylation sites (N-methyl/N-ethyl adjacent to an activating group) is 1. The summed E-state index contributed by atoms with van der Waals surface area (Å²) in [5.74, 6) is -13.3. The Balaban J connectivity index is 0.986. The van der Waals surface area contributed by atoms with Gasteiger partial charge in [0.05, 0.1) is 53.5 Å². The van der Waals surface area contributed by atoms with Crippen molar-refractivity contribution in [3.8, 4) is 62.5 Å². The molecule has 0 aromatic heterocycles. The third-order valence-electron chi connectivity index (χ3n) is 25.2. The number of amides is 8. The van der Waals surface area contributed by atoms with Gasteiger partial charge in [0.2, 0.25) is 59.3 Å². The average molecular weight is 1960 g/mol. The Bertz CT molecular complexity index is 5460. The number of carbonyl (C=O) groups excluding carboxylic acids is 8. The van der Waals surface area contributed by atoms with Crippen molar-refractivity contribution in [1.29, 1.82) is 0 Å². The van der Waals surface area contributed by atoms with E-state index >= 15 is 28.8 Å². The van der Waals surface area contributed by atoms with Crippen LogP contribution in [0.5, 0.6) is 40.2 Å². The third-order valence-corrected chi connectivity index (χ3v) is 26.1. The Morgan fingerprint density at radius 2 is 1.21 bits per heavy atom. The molecular formula is C96H121Cl3N14O24. The molecule has 3 saturated heterocycles. The first kappa shape index (κ1) is 104. The van der Waals surface area contributed by atoms with Gasteiger partial charge in [0.15, 0.2) is 30.2 Å². The van der Waals surface area contributed by atoms with Crippen LogP contribution in [0.25, 0.3) is 22.3 Å². The molecule has 22 unspecified atom stereocenters. The Morgan fingerprint density at radius 3 is 1.84 bits per heavy atom. The molecule has 7 aromatic rings. The van der Waals surface area contributed by atoms with Gasteiger partial charge in [-0.1, -0.05) is 115 Å². The zero-order valence-electron chi connectivity index (χ0n) is 76.6. The summed E-state index contributed by atoms with van der Waals surface area (Å²) in [7, 11) is 1.49. The summed E-state index contributed by atoms with van der Waals surface area (Å²) in [5, 5.41) is 128. The standard InChI is InChI=1S/C96H121Cl3N14O24/c1-46(2)35-61(103-7)87(123)112-77-79(118)53-22-27-65(59(98)37-53)132-67-39-55-40-68(83(67)137-94-84(81(120)80(119)69(45-114)134-94)136-72-43-96(6,86(122)48(4)131-72)107-44-49-15-17-50(18-16-49)51-19-24-56(97)25-20-51)133-66-28-23-54(38-60(66)99)82(135-71-42-95(5,102)85(121)47(3)130-71)78-93(129)111-76(89(125)106-34-12-33-105-31-9-8-30-104-32-11-29-100)57-13-10-14-64(116)73(57)58-36-52(21-26-63(58)115)74(90(126)113-78)110-91(127)75(55)109-88(124)62(41-70(101)117)108-92(77)128/h10,13-28,36-40,46-48,61-62,69,71-72,74-82,84-86,94,103-105,107,114-116,118-122H,8-9,11-12,29-35,41-45,100,102H2,1-7H3,(H2,101,117)(H,106,125)(H,108,128)(H,109,124)(H,110,127)(H,111,129)(H,112,123)(H,113,126). The number of aliphatic hydroxyl groups excluding tert-OH is 6. The van der Waals surface area contributed by atoms with E-state index in [9.17, 15) is 50.4 Å². The lowest BCUT2D eigenvalue weighted by atomic mass is 9.84.